The van der Waals surface area contributed by atoms with E-state index in [0.717, 1.165) is 17.7 Å². The van der Waals surface area contributed by atoms with Crippen molar-refractivity contribution in [2.24, 2.45) is 0 Å². The number of hydrogen-bond acceptors (Lipinski definition) is 2. The lowest BCUT2D eigenvalue weighted by Crippen LogP contribution is -2.24. The Morgan fingerprint density at radius 2 is 1.27 bits per heavy atom. The second kappa shape index (κ2) is 7.23. The number of nitrogens with zero attached hydrogens (tertiary/aromatic N) is 3. The molecule has 4 nitrogen and oxygen atoms in total. The van der Waals surface area contributed by atoms with Gasteiger partial charge < -0.3 is 0 Å². The van der Waals surface area contributed by atoms with E-state index in [1.165, 1.54) is 15.8 Å². The lowest BCUT2D eigenvalue weighted by molar-refractivity contribution is 0.738. The van der Waals surface area contributed by atoms with Crippen molar-refractivity contribution < 1.29 is 0 Å². The Morgan fingerprint density at radius 1 is 0.692 bits per heavy atom. The smallest absolute Gasteiger partial charge is 0.277 e. The van der Waals surface area contributed by atoms with E-state index in [1.54, 1.807) is 10.9 Å². The largest absolute Gasteiger partial charge is 0.350 e. The van der Waals surface area contributed by atoms with Crippen molar-refractivity contribution in [3.63, 3.8) is 0 Å². The van der Waals surface area contributed by atoms with Crippen molar-refractivity contribution >= 4 is 0 Å². The third-order valence-electron chi connectivity index (χ3n) is 4.36. The molecule has 0 N–H and O–H groups in total. The van der Waals surface area contributed by atoms with Crippen LogP contribution in [0.4, 0.5) is 0 Å². The van der Waals surface area contributed by atoms with Crippen LogP contribution in [0.15, 0.2) is 96.1 Å². The molecule has 0 saturated carbocycles. The van der Waals surface area contributed by atoms with Crippen LogP contribution in [0.1, 0.15) is 16.7 Å². The summed E-state index contributed by atoms with van der Waals surface area (Å²) in [7, 11) is 0. The summed E-state index contributed by atoms with van der Waals surface area (Å²) in [4.78, 5) is 12.6. The SMILES string of the molecule is O=c1n(Cc2ccccc2)cnn1-c1ccc(Cc2ccccc2)cc1. The molecule has 4 rings (SSSR count). The van der Waals surface area contributed by atoms with Gasteiger partial charge in [-0.05, 0) is 35.2 Å². The molecule has 128 valence electrons. The zero-order valence-corrected chi connectivity index (χ0v) is 14.3. The highest BCUT2D eigenvalue weighted by Crippen LogP contribution is 2.12. The Hall–Kier alpha value is -3.40. The first-order valence-electron chi connectivity index (χ1n) is 8.61. The van der Waals surface area contributed by atoms with E-state index in [0.29, 0.717) is 6.54 Å². The van der Waals surface area contributed by atoms with Crippen LogP contribution in [0.3, 0.4) is 0 Å². The first kappa shape index (κ1) is 16.1. The van der Waals surface area contributed by atoms with Crippen molar-refractivity contribution in [2.75, 3.05) is 0 Å². The van der Waals surface area contributed by atoms with Crippen LogP contribution in [0.2, 0.25) is 0 Å². The maximum absolute atomic E-state index is 12.6. The average molecular weight is 341 g/mol. The van der Waals surface area contributed by atoms with E-state index in [9.17, 15) is 4.79 Å². The summed E-state index contributed by atoms with van der Waals surface area (Å²) in [5.74, 6) is 0. The minimum absolute atomic E-state index is 0.135. The van der Waals surface area contributed by atoms with E-state index < -0.39 is 0 Å². The van der Waals surface area contributed by atoms with Gasteiger partial charge in [0.15, 0.2) is 0 Å². The number of rotatable bonds is 5. The summed E-state index contributed by atoms with van der Waals surface area (Å²) >= 11 is 0. The highest BCUT2D eigenvalue weighted by Gasteiger charge is 2.07. The first-order chi connectivity index (χ1) is 12.8. The summed E-state index contributed by atoms with van der Waals surface area (Å²) in [5, 5.41) is 4.26. The van der Waals surface area contributed by atoms with Crippen LogP contribution in [-0.4, -0.2) is 14.3 Å². The first-order valence-corrected chi connectivity index (χ1v) is 8.61. The molecule has 3 aromatic carbocycles. The van der Waals surface area contributed by atoms with E-state index in [2.05, 4.69) is 17.2 Å². The van der Waals surface area contributed by atoms with Gasteiger partial charge in [-0.15, -0.1) is 0 Å². The molecular formula is C22H19N3O. The van der Waals surface area contributed by atoms with Gasteiger partial charge in [0.05, 0.1) is 12.2 Å². The molecule has 1 heterocycles. The quantitative estimate of drug-likeness (QED) is 0.556. The van der Waals surface area contributed by atoms with Crippen molar-refractivity contribution in [2.45, 2.75) is 13.0 Å². The molecule has 0 saturated heterocycles. The van der Waals surface area contributed by atoms with E-state index in [-0.39, 0.29) is 5.69 Å². The van der Waals surface area contributed by atoms with Crippen molar-refractivity contribution in [3.8, 4) is 5.69 Å². The Bertz CT molecular complexity index is 1030. The molecule has 0 aliphatic heterocycles. The molecule has 0 fully saturated rings. The van der Waals surface area contributed by atoms with Gasteiger partial charge in [-0.25, -0.2) is 4.79 Å². The number of benzene rings is 3. The van der Waals surface area contributed by atoms with Crippen LogP contribution in [0.5, 0.6) is 0 Å². The maximum atomic E-state index is 12.6. The van der Waals surface area contributed by atoms with E-state index >= 15 is 0 Å². The summed E-state index contributed by atoms with van der Waals surface area (Å²) in [5.41, 5.74) is 4.19. The molecule has 4 heteroatoms. The fraction of sp³-hybridized carbons (Fsp3) is 0.0909. The van der Waals surface area contributed by atoms with Gasteiger partial charge in [0.2, 0.25) is 0 Å². The molecule has 0 aliphatic carbocycles. The Morgan fingerprint density at radius 3 is 1.92 bits per heavy atom. The van der Waals surface area contributed by atoms with Crippen LogP contribution >= 0.6 is 0 Å². The standard InChI is InChI=1S/C22H19N3O/c26-22-24(16-20-9-5-2-6-10-20)17-23-25(22)21-13-11-19(12-14-21)15-18-7-3-1-4-8-18/h1-14,17H,15-16H2. The zero-order chi connectivity index (χ0) is 17.8. The van der Waals surface area contributed by atoms with Crippen molar-refractivity contribution in [3.05, 3.63) is 118 Å². The molecule has 0 radical (unpaired) electrons. The maximum Gasteiger partial charge on any atom is 0.350 e. The van der Waals surface area contributed by atoms with E-state index in [1.807, 2.05) is 72.8 Å². The van der Waals surface area contributed by atoms with Crippen LogP contribution < -0.4 is 5.69 Å². The predicted molar refractivity (Wildman–Crippen MR) is 103 cm³/mol. The lowest BCUT2D eigenvalue weighted by Gasteiger charge is -2.04. The Balaban J connectivity index is 1.54. The molecule has 4 aromatic rings. The summed E-state index contributed by atoms with van der Waals surface area (Å²) < 4.78 is 3.06. The highest BCUT2D eigenvalue weighted by molar-refractivity contribution is 5.35. The highest BCUT2D eigenvalue weighted by atomic mass is 16.2. The minimum atomic E-state index is -0.135. The Kier molecular flexibility index (Phi) is 4.48. The molecule has 1 aromatic heterocycles. The van der Waals surface area contributed by atoms with Crippen LogP contribution in [0, 0.1) is 0 Å². The molecule has 0 amide bonds. The third kappa shape index (κ3) is 3.49. The van der Waals surface area contributed by atoms with Crippen molar-refractivity contribution in [1.82, 2.24) is 14.3 Å². The lowest BCUT2D eigenvalue weighted by atomic mass is 10.1. The summed E-state index contributed by atoms with van der Waals surface area (Å²) in [6.45, 7) is 0.520. The minimum Gasteiger partial charge on any atom is -0.277 e. The van der Waals surface area contributed by atoms with Crippen LogP contribution in [-0.2, 0) is 13.0 Å². The molecular weight excluding hydrogens is 322 g/mol. The monoisotopic (exact) mass is 341 g/mol. The molecule has 0 aliphatic rings. The summed E-state index contributed by atoms with van der Waals surface area (Å²) in [6.07, 6.45) is 2.46. The fourth-order valence-corrected chi connectivity index (χ4v) is 2.99. The number of hydrogen-bond donors (Lipinski definition) is 0. The summed E-state index contributed by atoms with van der Waals surface area (Å²) in [6, 6.07) is 28.2. The predicted octanol–water partition coefficient (Wildman–Crippen LogP) is 3.67. The van der Waals surface area contributed by atoms with Gasteiger partial charge in [0.25, 0.3) is 0 Å². The Labute approximate surface area is 152 Å². The molecule has 0 spiro atoms. The topological polar surface area (TPSA) is 39.8 Å². The fourth-order valence-electron chi connectivity index (χ4n) is 2.99. The van der Waals surface area contributed by atoms with Crippen molar-refractivity contribution in [1.29, 1.82) is 0 Å². The second-order valence-corrected chi connectivity index (χ2v) is 6.27. The normalized spacial score (nSPS) is 10.8. The van der Waals surface area contributed by atoms with Gasteiger partial charge >= 0.3 is 5.69 Å². The average Bonchev–Trinajstić information content (AvgIpc) is 3.05. The van der Waals surface area contributed by atoms with Gasteiger partial charge in [-0.2, -0.15) is 9.78 Å². The van der Waals surface area contributed by atoms with Crippen LogP contribution in [0.25, 0.3) is 5.69 Å². The zero-order valence-electron chi connectivity index (χ0n) is 14.3. The van der Waals surface area contributed by atoms with Gasteiger partial charge in [-0.3, -0.25) is 4.57 Å². The third-order valence-corrected chi connectivity index (χ3v) is 4.36. The second-order valence-electron chi connectivity index (χ2n) is 6.27. The van der Waals surface area contributed by atoms with Gasteiger partial charge in [0.1, 0.15) is 6.33 Å². The molecule has 0 unspecified atom stereocenters. The molecule has 26 heavy (non-hydrogen) atoms. The van der Waals surface area contributed by atoms with E-state index in [4.69, 9.17) is 0 Å². The molecule has 0 atom stereocenters. The van der Waals surface area contributed by atoms with Gasteiger partial charge in [0, 0.05) is 0 Å². The van der Waals surface area contributed by atoms with Gasteiger partial charge in [-0.1, -0.05) is 72.8 Å². The molecule has 0 bridgehead atoms. The number of aromatic nitrogens is 3.